The Kier molecular flexibility index (Phi) is 3.80. The molecule has 33 heavy (non-hydrogen) atoms. The number of carbonyl (C=O) groups excluding carboxylic acids is 1. The number of hydrogen-bond acceptors (Lipinski definition) is 5. The van der Waals surface area contributed by atoms with Crippen LogP contribution in [0.1, 0.15) is 67.7 Å². The first kappa shape index (κ1) is 19.1. The predicted octanol–water partition coefficient (Wildman–Crippen LogP) is 4.74. The van der Waals surface area contributed by atoms with Gasteiger partial charge in [-0.2, -0.15) is 5.26 Å². The highest BCUT2D eigenvalue weighted by atomic mass is 16.6. The minimum Gasteiger partial charge on any atom is -0.446 e. The fourth-order valence-electron chi connectivity index (χ4n) is 5.83. The van der Waals surface area contributed by atoms with Crippen molar-refractivity contribution in [3.8, 4) is 6.07 Å². The SMILES string of the molecule is N#Cc1ccc2nc(C3(c4ccc5c(n4)CCCN5C(=O)OC4CC4)CC4(CC4)C3)[nH]c2c1. The molecule has 1 spiro atoms. The van der Waals surface area contributed by atoms with E-state index >= 15 is 0 Å². The maximum Gasteiger partial charge on any atom is 0.414 e. The first-order valence-corrected chi connectivity index (χ1v) is 12.0. The highest BCUT2D eigenvalue weighted by molar-refractivity contribution is 5.89. The van der Waals surface area contributed by atoms with Crippen molar-refractivity contribution in [2.45, 2.75) is 62.9 Å². The number of aryl methyl sites for hydroxylation is 1. The Labute approximate surface area is 191 Å². The smallest absolute Gasteiger partial charge is 0.414 e. The second-order valence-electron chi connectivity index (χ2n) is 10.4. The summed E-state index contributed by atoms with van der Waals surface area (Å²) in [5, 5.41) is 9.27. The summed E-state index contributed by atoms with van der Waals surface area (Å²) in [5.74, 6) is 0.943. The Morgan fingerprint density at radius 3 is 2.79 bits per heavy atom. The van der Waals surface area contributed by atoms with Gasteiger partial charge in [-0.15, -0.1) is 0 Å². The van der Waals surface area contributed by atoms with Gasteiger partial charge in [-0.05, 0) is 87.1 Å². The van der Waals surface area contributed by atoms with Crippen LogP contribution in [-0.2, 0) is 16.6 Å². The van der Waals surface area contributed by atoms with Crippen LogP contribution in [0.15, 0.2) is 30.3 Å². The Bertz CT molecular complexity index is 1340. The topological polar surface area (TPSA) is 94.9 Å². The Morgan fingerprint density at radius 1 is 1.18 bits per heavy atom. The lowest BCUT2D eigenvalue weighted by molar-refractivity contribution is 0.144. The number of pyridine rings is 1. The summed E-state index contributed by atoms with van der Waals surface area (Å²) in [6, 6.07) is 12.0. The van der Waals surface area contributed by atoms with Crippen molar-refractivity contribution in [2.24, 2.45) is 5.41 Å². The third kappa shape index (κ3) is 2.97. The first-order chi connectivity index (χ1) is 16.1. The highest BCUT2D eigenvalue weighted by Gasteiger charge is 2.64. The molecule has 2 aromatic heterocycles. The fourth-order valence-corrected chi connectivity index (χ4v) is 5.83. The molecule has 1 amide bonds. The van der Waals surface area contributed by atoms with E-state index in [0.29, 0.717) is 17.5 Å². The van der Waals surface area contributed by atoms with Crippen LogP contribution in [0, 0.1) is 16.7 Å². The summed E-state index contributed by atoms with van der Waals surface area (Å²) in [4.78, 5) is 28.1. The predicted molar refractivity (Wildman–Crippen MR) is 122 cm³/mol. The number of nitriles is 1. The normalized spacial score (nSPS) is 21.8. The lowest BCUT2D eigenvalue weighted by Crippen LogP contribution is -2.45. The second-order valence-corrected chi connectivity index (χ2v) is 10.4. The third-order valence-corrected chi connectivity index (χ3v) is 7.91. The number of rotatable bonds is 3. The summed E-state index contributed by atoms with van der Waals surface area (Å²) >= 11 is 0. The number of fused-ring (bicyclic) bond motifs is 2. The number of benzene rings is 1. The number of aromatic nitrogens is 3. The van der Waals surface area contributed by atoms with Crippen LogP contribution in [0.3, 0.4) is 0 Å². The van der Waals surface area contributed by atoms with Crippen LogP contribution in [0.4, 0.5) is 10.5 Å². The molecule has 7 rings (SSSR count). The molecule has 0 radical (unpaired) electrons. The summed E-state index contributed by atoms with van der Waals surface area (Å²) in [5.41, 5.74) is 5.50. The largest absolute Gasteiger partial charge is 0.446 e. The highest BCUT2D eigenvalue weighted by Crippen LogP contribution is 2.70. The molecule has 1 N–H and O–H groups in total. The van der Waals surface area contributed by atoms with Crippen LogP contribution >= 0.6 is 0 Å². The molecule has 4 aliphatic rings. The molecule has 166 valence electrons. The van der Waals surface area contributed by atoms with Gasteiger partial charge in [-0.1, -0.05) is 0 Å². The number of nitrogens with zero attached hydrogens (tertiary/aromatic N) is 4. The summed E-state index contributed by atoms with van der Waals surface area (Å²) in [7, 11) is 0. The number of imidazole rings is 1. The van der Waals surface area contributed by atoms with Crippen molar-refractivity contribution in [2.75, 3.05) is 11.4 Å². The number of carbonyl (C=O) groups is 1. The minimum atomic E-state index is -0.242. The van der Waals surface area contributed by atoms with Gasteiger partial charge in [0.1, 0.15) is 11.9 Å². The van der Waals surface area contributed by atoms with Crippen molar-refractivity contribution in [1.29, 1.82) is 5.26 Å². The van der Waals surface area contributed by atoms with Gasteiger partial charge in [0.15, 0.2) is 0 Å². The average molecular weight is 440 g/mol. The first-order valence-electron chi connectivity index (χ1n) is 12.0. The Balaban J connectivity index is 1.28. The van der Waals surface area contributed by atoms with Gasteiger partial charge in [-0.3, -0.25) is 9.88 Å². The van der Waals surface area contributed by atoms with Crippen LogP contribution in [0.25, 0.3) is 11.0 Å². The van der Waals surface area contributed by atoms with E-state index in [9.17, 15) is 10.1 Å². The summed E-state index contributed by atoms with van der Waals surface area (Å²) in [6.45, 7) is 0.679. The number of ether oxygens (including phenoxy) is 1. The van der Waals surface area contributed by atoms with E-state index in [1.54, 1.807) is 4.90 Å². The van der Waals surface area contributed by atoms with Crippen molar-refractivity contribution < 1.29 is 9.53 Å². The fraction of sp³-hybridized carbons (Fsp3) is 0.462. The number of amides is 1. The second kappa shape index (κ2) is 6.57. The molecule has 3 aliphatic carbocycles. The summed E-state index contributed by atoms with van der Waals surface area (Å²) < 4.78 is 5.57. The van der Waals surface area contributed by atoms with E-state index in [4.69, 9.17) is 14.7 Å². The molecule has 0 atom stereocenters. The summed E-state index contributed by atoms with van der Waals surface area (Å²) in [6.07, 6.45) is 8.20. The van der Waals surface area contributed by atoms with Gasteiger partial charge in [0.25, 0.3) is 0 Å². The van der Waals surface area contributed by atoms with Crippen molar-refractivity contribution >= 4 is 22.8 Å². The Hall–Kier alpha value is -3.40. The zero-order valence-corrected chi connectivity index (χ0v) is 18.4. The number of hydrogen-bond donors (Lipinski definition) is 1. The average Bonchev–Trinajstić information content (AvgIpc) is 3.74. The molecular formula is C26H25N5O2. The van der Waals surface area contributed by atoms with Crippen LogP contribution in [0.2, 0.25) is 0 Å². The number of aromatic amines is 1. The molecule has 3 aromatic rings. The standard InChI is InChI=1S/C26H25N5O2/c27-13-16-3-6-18-20(12-16)30-23(29-18)26(14-25(15-26)9-10-25)22-8-7-21-19(28-22)2-1-11-31(21)24(32)33-17-4-5-17/h3,6-8,12,17H,1-2,4-5,9-11,14-15H2,(H,29,30). The quantitative estimate of drug-likeness (QED) is 0.636. The van der Waals surface area contributed by atoms with E-state index in [1.165, 1.54) is 12.8 Å². The lowest BCUT2D eigenvalue weighted by Gasteiger charge is -2.47. The molecular weight excluding hydrogens is 414 g/mol. The van der Waals surface area contributed by atoms with Crippen LogP contribution < -0.4 is 4.90 Å². The van der Waals surface area contributed by atoms with Gasteiger partial charge in [0, 0.05) is 6.54 Å². The monoisotopic (exact) mass is 439 g/mol. The van der Waals surface area contributed by atoms with E-state index < -0.39 is 0 Å². The van der Waals surface area contributed by atoms with Crippen LogP contribution in [0.5, 0.6) is 0 Å². The Morgan fingerprint density at radius 2 is 2.03 bits per heavy atom. The molecule has 1 aliphatic heterocycles. The van der Waals surface area contributed by atoms with Gasteiger partial charge in [-0.25, -0.2) is 9.78 Å². The van der Waals surface area contributed by atoms with Crippen molar-refractivity contribution in [1.82, 2.24) is 15.0 Å². The van der Waals surface area contributed by atoms with Crippen LogP contribution in [-0.4, -0.2) is 33.7 Å². The number of anilines is 1. The third-order valence-electron chi connectivity index (χ3n) is 7.91. The molecule has 0 saturated heterocycles. The molecule has 3 fully saturated rings. The van der Waals surface area contributed by atoms with Gasteiger partial charge in [0.05, 0.1) is 45.2 Å². The lowest BCUT2D eigenvalue weighted by atomic mass is 9.57. The number of H-pyrrole nitrogens is 1. The molecule has 0 bridgehead atoms. The molecule has 3 heterocycles. The zero-order valence-electron chi connectivity index (χ0n) is 18.4. The van der Waals surface area contributed by atoms with Gasteiger partial charge < -0.3 is 9.72 Å². The van der Waals surface area contributed by atoms with Crippen molar-refractivity contribution in [3.05, 3.63) is 53.1 Å². The minimum absolute atomic E-state index is 0.0951. The van der Waals surface area contributed by atoms with E-state index in [-0.39, 0.29) is 17.6 Å². The molecule has 3 saturated carbocycles. The van der Waals surface area contributed by atoms with E-state index in [0.717, 1.165) is 72.5 Å². The molecule has 0 unspecified atom stereocenters. The van der Waals surface area contributed by atoms with E-state index in [2.05, 4.69) is 23.2 Å². The van der Waals surface area contributed by atoms with Crippen molar-refractivity contribution in [3.63, 3.8) is 0 Å². The zero-order chi connectivity index (χ0) is 22.2. The number of nitrogens with one attached hydrogen (secondary N) is 1. The molecule has 7 nitrogen and oxygen atoms in total. The van der Waals surface area contributed by atoms with Gasteiger partial charge in [0.2, 0.25) is 0 Å². The van der Waals surface area contributed by atoms with E-state index in [1.807, 2.05) is 18.2 Å². The van der Waals surface area contributed by atoms with Gasteiger partial charge >= 0.3 is 6.09 Å². The molecule has 1 aromatic carbocycles. The maximum absolute atomic E-state index is 12.7. The maximum atomic E-state index is 12.7. The molecule has 7 heteroatoms.